The minimum Gasteiger partial charge on any atom is -0.310 e. The largest absolute Gasteiger partial charge is 0.310 e. The molecule has 0 aromatic carbocycles. The molecule has 13 heavy (non-hydrogen) atoms. The van der Waals surface area contributed by atoms with E-state index >= 15 is 0 Å². The van der Waals surface area contributed by atoms with Crippen LogP contribution in [0.3, 0.4) is 0 Å². The molecule has 0 spiro atoms. The summed E-state index contributed by atoms with van der Waals surface area (Å²) in [5, 5.41) is 3.65. The van der Waals surface area contributed by atoms with Crippen LogP contribution in [0.15, 0.2) is 0 Å². The Bertz CT molecular complexity index is 170. The normalized spacial score (nSPS) is 29.2. The molecule has 0 radical (unpaired) electrons. The molecule has 1 nitrogen and oxygen atoms in total. The van der Waals surface area contributed by atoms with Gasteiger partial charge in [0.05, 0.1) is 0 Å². The van der Waals surface area contributed by atoms with Gasteiger partial charge in [0.1, 0.15) is 0 Å². The molecule has 1 atom stereocenters. The van der Waals surface area contributed by atoms with Crippen molar-refractivity contribution >= 4 is 0 Å². The van der Waals surface area contributed by atoms with Crippen molar-refractivity contribution in [2.45, 2.75) is 57.4 Å². The van der Waals surface area contributed by atoms with Crippen LogP contribution >= 0.6 is 0 Å². The monoisotopic (exact) mass is 179 g/mol. The van der Waals surface area contributed by atoms with Crippen molar-refractivity contribution in [2.75, 3.05) is 6.54 Å². The van der Waals surface area contributed by atoms with Gasteiger partial charge in [-0.2, -0.15) is 0 Å². The fraction of sp³-hybridized carbons (Fsp3) is 0.833. The molecule has 74 valence electrons. The van der Waals surface area contributed by atoms with Crippen LogP contribution in [0.5, 0.6) is 0 Å². The first kappa shape index (κ1) is 10.6. The molecule has 0 amide bonds. The van der Waals surface area contributed by atoms with Crippen molar-refractivity contribution < 1.29 is 0 Å². The maximum absolute atomic E-state index is 5.44. The Morgan fingerprint density at radius 3 is 2.92 bits per heavy atom. The molecule has 0 aromatic rings. The van der Waals surface area contributed by atoms with E-state index in [1.807, 2.05) is 0 Å². The molecule has 1 heteroatoms. The second-order valence-corrected chi connectivity index (χ2v) is 4.15. The summed E-state index contributed by atoms with van der Waals surface area (Å²) in [6.07, 6.45) is 14.1. The molecule has 1 unspecified atom stereocenters. The molecule has 0 bridgehead atoms. The quantitative estimate of drug-likeness (QED) is 0.657. The third-order valence-corrected chi connectivity index (χ3v) is 3.00. The number of hydrogen-bond donors (Lipinski definition) is 1. The topological polar surface area (TPSA) is 12.0 Å². The Balaban J connectivity index is 2.57. The highest BCUT2D eigenvalue weighted by molar-refractivity contribution is 5.00. The summed E-state index contributed by atoms with van der Waals surface area (Å²) in [5.74, 6) is 2.83. The number of hydrogen-bond acceptors (Lipinski definition) is 1. The highest BCUT2D eigenvalue weighted by Gasteiger charge is 2.28. The third-order valence-electron chi connectivity index (χ3n) is 3.00. The molecule has 0 aromatic heterocycles. The van der Waals surface area contributed by atoms with Gasteiger partial charge in [0, 0.05) is 12.0 Å². The van der Waals surface area contributed by atoms with Crippen LogP contribution in [-0.2, 0) is 0 Å². The van der Waals surface area contributed by atoms with Gasteiger partial charge in [0.15, 0.2) is 0 Å². The zero-order valence-electron chi connectivity index (χ0n) is 8.73. The molecule has 1 aliphatic heterocycles. The summed E-state index contributed by atoms with van der Waals surface area (Å²) in [6, 6.07) is 0. The number of rotatable bonds is 3. The zero-order chi connectivity index (χ0) is 9.57. The molecule has 1 fully saturated rings. The van der Waals surface area contributed by atoms with Gasteiger partial charge in [0.2, 0.25) is 0 Å². The van der Waals surface area contributed by atoms with Crippen molar-refractivity contribution in [2.24, 2.45) is 0 Å². The van der Waals surface area contributed by atoms with Gasteiger partial charge in [-0.15, -0.1) is 12.3 Å². The molecule has 1 N–H and O–H groups in total. The lowest BCUT2D eigenvalue weighted by Crippen LogP contribution is -2.44. The molecule has 1 aliphatic rings. The first-order valence-corrected chi connectivity index (χ1v) is 5.51. The highest BCUT2D eigenvalue weighted by Crippen LogP contribution is 2.26. The molecule has 0 aliphatic carbocycles. The van der Waals surface area contributed by atoms with Crippen LogP contribution in [-0.4, -0.2) is 12.1 Å². The van der Waals surface area contributed by atoms with Crippen molar-refractivity contribution in [1.82, 2.24) is 5.32 Å². The fourth-order valence-corrected chi connectivity index (χ4v) is 2.33. The van der Waals surface area contributed by atoms with Gasteiger partial charge in [-0.1, -0.05) is 26.2 Å². The number of nitrogens with one attached hydrogen (secondary N) is 1. The van der Waals surface area contributed by atoms with E-state index < -0.39 is 0 Å². The van der Waals surface area contributed by atoms with E-state index in [0.717, 1.165) is 13.0 Å². The van der Waals surface area contributed by atoms with Crippen LogP contribution in [0.25, 0.3) is 0 Å². The Labute approximate surface area is 82.3 Å². The predicted octanol–water partition coefficient (Wildman–Crippen LogP) is 2.71. The van der Waals surface area contributed by atoms with E-state index in [-0.39, 0.29) is 5.54 Å². The smallest absolute Gasteiger partial charge is 0.0290 e. The summed E-state index contributed by atoms with van der Waals surface area (Å²) >= 11 is 0. The molecule has 0 saturated carbocycles. The van der Waals surface area contributed by atoms with Gasteiger partial charge in [0.25, 0.3) is 0 Å². The average Bonchev–Trinajstić information content (AvgIpc) is 2.32. The van der Waals surface area contributed by atoms with Crippen LogP contribution in [0.4, 0.5) is 0 Å². The summed E-state index contributed by atoms with van der Waals surface area (Å²) in [4.78, 5) is 0. The first-order valence-electron chi connectivity index (χ1n) is 5.51. The lowest BCUT2D eigenvalue weighted by atomic mass is 9.86. The number of terminal acetylenes is 1. The second-order valence-electron chi connectivity index (χ2n) is 4.15. The third kappa shape index (κ3) is 3.04. The summed E-state index contributed by atoms with van der Waals surface area (Å²) in [6.45, 7) is 3.40. The molecular weight excluding hydrogens is 158 g/mol. The van der Waals surface area contributed by atoms with Crippen molar-refractivity contribution in [3.05, 3.63) is 0 Å². The second kappa shape index (κ2) is 5.29. The summed E-state index contributed by atoms with van der Waals surface area (Å²) in [7, 11) is 0. The van der Waals surface area contributed by atoms with Gasteiger partial charge < -0.3 is 5.32 Å². The highest BCUT2D eigenvalue weighted by atomic mass is 15.0. The lowest BCUT2D eigenvalue weighted by molar-refractivity contribution is 0.297. The Hall–Kier alpha value is -0.480. The van der Waals surface area contributed by atoms with E-state index in [1.54, 1.807) is 0 Å². The minimum atomic E-state index is 0.278. The zero-order valence-corrected chi connectivity index (χ0v) is 8.73. The van der Waals surface area contributed by atoms with Crippen molar-refractivity contribution in [3.8, 4) is 12.3 Å². The Morgan fingerprint density at radius 1 is 1.38 bits per heavy atom. The van der Waals surface area contributed by atoms with E-state index in [9.17, 15) is 0 Å². The van der Waals surface area contributed by atoms with Gasteiger partial charge in [-0.05, 0) is 25.8 Å². The maximum atomic E-state index is 5.44. The van der Waals surface area contributed by atoms with Crippen LogP contribution < -0.4 is 5.32 Å². The molecule has 1 rings (SSSR count). The van der Waals surface area contributed by atoms with Crippen LogP contribution in [0.1, 0.15) is 51.9 Å². The molecule has 1 saturated heterocycles. The fourth-order valence-electron chi connectivity index (χ4n) is 2.33. The lowest BCUT2D eigenvalue weighted by Gasteiger charge is -2.31. The molecular formula is C12H21N. The minimum absolute atomic E-state index is 0.278. The Morgan fingerprint density at radius 2 is 2.23 bits per heavy atom. The Kier molecular flexibility index (Phi) is 4.32. The van der Waals surface area contributed by atoms with E-state index in [1.165, 1.54) is 38.5 Å². The van der Waals surface area contributed by atoms with Crippen LogP contribution in [0.2, 0.25) is 0 Å². The summed E-state index contributed by atoms with van der Waals surface area (Å²) in [5.41, 5.74) is 0.278. The van der Waals surface area contributed by atoms with Crippen LogP contribution in [0, 0.1) is 12.3 Å². The molecule has 1 heterocycles. The first-order chi connectivity index (χ1) is 6.33. The van der Waals surface area contributed by atoms with E-state index in [2.05, 4.69) is 18.2 Å². The standard InChI is InChI=1S/C12H21N/c1-3-8-12(9-4-2)10-6-5-7-11-13-12/h1,13H,4-11H2,2H3. The van der Waals surface area contributed by atoms with Crippen molar-refractivity contribution in [1.29, 1.82) is 0 Å². The van der Waals surface area contributed by atoms with E-state index in [4.69, 9.17) is 6.42 Å². The van der Waals surface area contributed by atoms with Crippen molar-refractivity contribution in [3.63, 3.8) is 0 Å². The average molecular weight is 179 g/mol. The van der Waals surface area contributed by atoms with Gasteiger partial charge in [-0.25, -0.2) is 0 Å². The maximum Gasteiger partial charge on any atom is 0.0290 e. The SMILES string of the molecule is C#CCC1(CCC)CCCCCN1. The predicted molar refractivity (Wildman–Crippen MR) is 57.6 cm³/mol. The summed E-state index contributed by atoms with van der Waals surface area (Å²) < 4.78 is 0. The van der Waals surface area contributed by atoms with Gasteiger partial charge >= 0.3 is 0 Å². The van der Waals surface area contributed by atoms with E-state index in [0.29, 0.717) is 0 Å². The van der Waals surface area contributed by atoms with Gasteiger partial charge in [-0.3, -0.25) is 0 Å².